The number of halogens is 1. The third-order valence-electron chi connectivity index (χ3n) is 2.15. The van der Waals surface area contributed by atoms with Crippen LogP contribution in [0.2, 0.25) is 5.02 Å². The van der Waals surface area contributed by atoms with Crippen LogP contribution in [0.4, 0.5) is 0 Å². The number of hydrogen-bond donors (Lipinski definition) is 1. The molecule has 16 heavy (non-hydrogen) atoms. The highest BCUT2D eigenvalue weighted by molar-refractivity contribution is 6.33. The zero-order chi connectivity index (χ0) is 11.5. The van der Waals surface area contributed by atoms with Gasteiger partial charge in [0.1, 0.15) is 0 Å². The molecule has 0 aliphatic heterocycles. The molecule has 0 spiro atoms. The molecule has 3 nitrogen and oxygen atoms in total. The SMILES string of the molecule is O=C(O)c1ncc(-c2ccccc2)cc1Cl. The molecule has 80 valence electrons. The molecule has 0 aliphatic carbocycles. The number of aromatic carboxylic acids is 1. The summed E-state index contributed by atoms with van der Waals surface area (Å²) in [6.45, 7) is 0. The standard InChI is InChI=1S/C12H8ClNO2/c13-10-6-9(7-14-11(10)12(15)16)8-4-2-1-3-5-8/h1-7H,(H,15,16). The summed E-state index contributed by atoms with van der Waals surface area (Å²) >= 11 is 5.83. The van der Waals surface area contributed by atoms with Gasteiger partial charge in [0.25, 0.3) is 0 Å². The van der Waals surface area contributed by atoms with E-state index >= 15 is 0 Å². The molecule has 0 unspecified atom stereocenters. The van der Waals surface area contributed by atoms with Gasteiger partial charge in [-0.2, -0.15) is 0 Å². The second kappa shape index (κ2) is 4.33. The van der Waals surface area contributed by atoms with E-state index in [2.05, 4.69) is 4.98 Å². The van der Waals surface area contributed by atoms with Crippen molar-refractivity contribution in [1.29, 1.82) is 0 Å². The molecule has 1 heterocycles. The molecule has 0 amide bonds. The number of aromatic nitrogens is 1. The monoisotopic (exact) mass is 233 g/mol. The lowest BCUT2D eigenvalue weighted by molar-refractivity contribution is 0.0691. The average Bonchev–Trinajstić information content (AvgIpc) is 2.29. The van der Waals surface area contributed by atoms with Crippen LogP contribution in [0, 0.1) is 0 Å². The van der Waals surface area contributed by atoms with E-state index < -0.39 is 5.97 Å². The maximum absolute atomic E-state index is 10.7. The molecular formula is C12H8ClNO2. The zero-order valence-corrected chi connectivity index (χ0v) is 8.98. The van der Waals surface area contributed by atoms with Crippen LogP contribution in [0.25, 0.3) is 11.1 Å². The molecule has 0 aliphatic rings. The lowest BCUT2D eigenvalue weighted by Crippen LogP contribution is -2.01. The van der Waals surface area contributed by atoms with Gasteiger partial charge in [0.2, 0.25) is 0 Å². The summed E-state index contributed by atoms with van der Waals surface area (Å²) in [7, 11) is 0. The number of benzene rings is 1. The summed E-state index contributed by atoms with van der Waals surface area (Å²) in [5.41, 5.74) is 1.63. The largest absolute Gasteiger partial charge is 0.476 e. The maximum atomic E-state index is 10.7. The lowest BCUT2D eigenvalue weighted by atomic mass is 10.1. The van der Waals surface area contributed by atoms with Crippen molar-refractivity contribution in [2.45, 2.75) is 0 Å². The van der Waals surface area contributed by atoms with Gasteiger partial charge in [-0.05, 0) is 11.6 Å². The van der Waals surface area contributed by atoms with Gasteiger partial charge in [-0.25, -0.2) is 9.78 Å². The Bertz CT molecular complexity index is 526. The average molecular weight is 234 g/mol. The fraction of sp³-hybridized carbons (Fsp3) is 0. The van der Waals surface area contributed by atoms with Gasteiger partial charge in [-0.3, -0.25) is 0 Å². The quantitative estimate of drug-likeness (QED) is 0.867. The van der Waals surface area contributed by atoms with Crippen molar-refractivity contribution in [2.24, 2.45) is 0 Å². The number of nitrogens with zero attached hydrogens (tertiary/aromatic N) is 1. The van der Waals surface area contributed by atoms with E-state index in [0.29, 0.717) is 0 Å². The number of hydrogen-bond acceptors (Lipinski definition) is 2. The first-order valence-electron chi connectivity index (χ1n) is 4.63. The van der Waals surface area contributed by atoms with Crippen molar-refractivity contribution in [2.75, 3.05) is 0 Å². The molecule has 0 radical (unpaired) electrons. The summed E-state index contributed by atoms with van der Waals surface area (Å²) in [4.78, 5) is 14.5. The van der Waals surface area contributed by atoms with Gasteiger partial charge >= 0.3 is 5.97 Å². The molecular weight excluding hydrogens is 226 g/mol. The van der Waals surface area contributed by atoms with Crippen LogP contribution >= 0.6 is 11.6 Å². The van der Waals surface area contributed by atoms with Gasteiger partial charge in [0, 0.05) is 11.8 Å². The van der Waals surface area contributed by atoms with E-state index in [1.807, 2.05) is 30.3 Å². The summed E-state index contributed by atoms with van der Waals surface area (Å²) in [6.07, 6.45) is 1.50. The highest BCUT2D eigenvalue weighted by Gasteiger charge is 2.11. The Balaban J connectivity index is 2.46. The van der Waals surface area contributed by atoms with Crippen LogP contribution in [0.15, 0.2) is 42.6 Å². The summed E-state index contributed by atoms with van der Waals surface area (Å²) in [5, 5.41) is 8.93. The van der Waals surface area contributed by atoms with Crippen LogP contribution in [0.5, 0.6) is 0 Å². The molecule has 0 bridgehead atoms. The summed E-state index contributed by atoms with van der Waals surface area (Å²) in [6, 6.07) is 11.1. The molecule has 2 aromatic rings. The third-order valence-corrected chi connectivity index (χ3v) is 2.44. The van der Waals surface area contributed by atoms with Crippen molar-refractivity contribution >= 4 is 17.6 Å². The number of carboxylic acid groups (broad SMARTS) is 1. The van der Waals surface area contributed by atoms with Crippen LogP contribution in [0.3, 0.4) is 0 Å². The molecule has 0 fully saturated rings. The molecule has 0 saturated carbocycles. The minimum absolute atomic E-state index is 0.124. The van der Waals surface area contributed by atoms with Gasteiger partial charge in [-0.1, -0.05) is 41.9 Å². The molecule has 2 rings (SSSR count). The van der Waals surface area contributed by atoms with Crippen LogP contribution < -0.4 is 0 Å². The summed E-state index contributed by atoms with van der Waals surface area (Å²) < 4.78 is 0. The smallest absolute Gasteiger partial charge is 0.356 e. The zero-order valence-electron chi connectivity index (χ0n) is 8.22. The van der Waals surface area contributed by atoms with Gasteiger partial charge in [0.05, 0.1) is 5.02 Å². The number of carboxylic acids is 1. The second-order valence-electron chi connectivity index (χ2n) is 3.23. The lowest BCUT2D eigenvalue weighted by Gasteiger charge is -2.03. The Morgan fingerprint density at radius 1 is 1.19 bits per heavy atom. The van der Waals surface area contributed by atoms with Crippen molar-refractivity contribution < 1.29 is 9.90 Å². The predicted molar refractivity (Wildman–Crippen MR) is 61.6 cm³/mol. The van der Waals surface area contributed by atoms with Crippen LogP contribution in [0.1, 0.15) is 10.5 Å². The number of rotatable bonds is 2. The topological polar surface area (TPSA) is 50.2 Å². The number of carbonyl (C=O) groups is 1. The Kier molecular flexibility index (Phi) is 2.88. The van der Waals surface area contributed by atoms with Crippen molar-refractivity contribution in [3.05, 3.63) is 53.3 Å². The summed E-state index contributed by atoms with van der Waals surface area (Å²) in [5.74, 6) is -1.12. The first kappa shape index (κ1) is 10.6. The molecule has 1 aromatic carbocycles. The highest BCUT2D eigenvalue weighted by atomic mass is 35.5. The first-order chi connectivity index (χ1) is 7.68. The van der Waals surface area contributed by atoms with E-state index in [-0.39, 0.29) is 10.7 Å². The molecule has 1 aromatic heterocycles. The van der Waals surface area contributed by atoms with Crippen molar-refractivity contribution in [3.63, 3.8) is 0 Å². The number of pyridine rings is 1. The van der Waals surface area contributed by atoms with Crippen molar-refractivity contribution in [1.82, 2.24) is 4.98 Å². The normalized spacial score (nSPS) is 10.1. The minimum atomic E-state index is -1.12. The van der Waals surface area contributed by atoms with E-state index in [9.17, 15) is 4.79 Å². The Morgan fingerprint density at radius 2 is 1.88 bits per heavy atom. The van der Waals surface area contributed by atoms with Gasteiger partial charge in [-0.15, -0.1) is 0 Å². The van der Waals surface area contributed by atoms with E-state index in [0.717, 1.165) is 11.1 Å². The first-order valence-corrected chi connectivity index (χ1v) is 5.00. The molecule has 4 heteroatoms. The fourth-order valence-electron chi connectivity index (χ4n) is 1.38. The Morgan fingerprint density at radius 3 is 2.44 bits per heavy atom. The van der Waals surface area contributed by atoms with Crippen LogP contribution in [-0.2, 0) is 0 Å². The Hall–Kier alpha value is -1.87. The fourth-order valence-corrected chi connectivity index (χ4v) is 1.63. The maximum Gasteiger partial charge on any atom is 0.356 e. The van der Waals surface area contributed by atoms with E-state index in [1.165, 1.54) is 6.20 Å². The highest BCUT2D eigenvalue weighted by Crippen LogP contribution is 2.23. The van der Waals surface area contributed by atoms with E-state index in [1.54, 1.807) is 6.07 Å². The molecule has 0 atom stereocenters. The molecule has 1 N–H and O–H groups in total. The second-order valence-corrected chi connectivity index (χ2v) is 3.63. The predicted octanol–water partition coefficient (Wildman–Crippen LogP) is 3.10. The van der Waals surface area contributed by atoms with Gasteiger partial charge in [0.15, 0.2) is 5.69 Å². The van der Waals surface area contributed by atoms with Crippen molar-refractivity contribution in [3.8, 4) is 11.1 Å². The van der Waals surface area contributed by atoms with Crippen LogP contribution in [-0.4, -0.2) is 16.1 Å². The van der Waals surface area contributed by atoms with E-state index in [4.69, 9.17) is 16.7 Å². The third kappa shape index (κ3) is 2.04. The minimum Gasteiger partial charge on any atom is -0.476 e. The Labute approximate surface area is 97.3 Å². The molecule has 0 saturated heterocycles. The van der Waals surface area contributed by atoms with Gasteiger partial charge < -0.3 is 5.11 Å².